The molecule has 1 heterocycles. The summed E-state index contributed by atoms with van der Waals surface area (Å²) >= 11 is 2.29. The van der Waals surface area contributed by atoms with Gasteiger partial charge in [-0.2, -0.15) is 0 Å². The van der Waals surface area contributed by atoms with Crippen molar-refractivity contribution in [2.24, 2.45) is 0 Å². The van der Waals surface area contributed by atoms with E-state index in [1.807, 2.05) is 11.0 Å². The maximum Gasteiger partial charge on any atom is 0.231 e. The Kier molecular flexibility index (Phi) is 4.05. The number of aryl methyl sites for hydroxylation is 1. The molecule has 0 bridgehead atoms. The number of nitrogens with zero attached hydrogens (tertiary/aromatic N) is 1. The summed E-state index contributed by atoms with van der Waals surface area (Å²) in [5, 5.41) is 0. The molecule has 3 rings (SSSR count). The van der Waals surface area contributed by atoms with Crippen LogP contribution in [0.15, 0.2) is 48.5 Å². The van der Waals surface area contributed by atoms with Crippen molar-refractivity contribution >= 4 is 34.2 Å². The number of fused-ring (bicyclic) bond motifs is 1. The van der Waals surface area contributed by atoms with Gasteiger partial charge in [0.05, 0.1) is 6.42 Å². The molecule has 0 aromatic heterocycles. The third-order valence-electron chi connectivity index (χ3n) is 3.67. The van der Waals surface area contributed by atoms with Gasteiger partial charge in [-0.05, 0) is 64.8 Å². The van der Waals surface area contributed by atoms with Gasteiger partial charge in [-0.3, -0.25) is 4.79 Å². The third-order valence-corrected chi connectivity index (χ3v) is 4.34. The summed E-state index contributed by atoms with van der Waals surface area (Å²) in [7, 11) is 0. The van der Waals surface area contributed by atoms with Gasteiger partial charge in [0.25, 0.3) is 0 Å². The molecule has 20 heavy (non-hydrogen) atoms. The van der Waals surface area contributed by atoms with E-state index in [1.54, 1.807) is 0 Å². The molecule has 2 aromatic carbocycles. The van der Waals surface area contributed by atoms with Crippen molar-refractivity contribution in [2.45, 2.75) is 19.3 Å². The van der Waals surface area contributed by atoms with E-state index in [1.165, 1.54) is 14.7 Å². The molecule has 1 amide bonds. The zero-order chi connectivity index (χ0) is 13.9. The molecule has 2 aromatic rings. The Morgan fingerprint density at radius 3 is 2.70 bits per heavy atom. The highest BCUT2D eigenvalue weighted by Crippen LogP contribution is 2.30. The highest BCUT2D eigenvalue weighted by molar-refractivity contribution is 14.1. The number of hydrogen-bond acceptors (Lipinski definition) is 1. The van der Waals surface area contributed by atoms with E-state index in [9.17, 15) is 4.79 Å². The minimum atomic E-state index is 0.232. The van der Waals surface area contributed by atoms with Crippen LogP contribution in [0.25, 0.3) is 0 Å². The van der Waals surface area contributed by atoms with Gasteiger partial charge in [0.15, 0.2) is 0 Å². The van der Waals surface area contributed by atoms with Crippen LogP contribution < -0.4 is 4.90 Å². The smallest absolute Gasteiger partial charge is 0.231 e. The lowest BCUT2D eigenvalue weighted by Crippen LogP contribution is -2.28. The number of anilines is 1. The number of halogens is 1. The van der Waals surface area contributed by atoms with Gasteiger partial charge < -0.3 is 4.90 Å². The molecular formula is C17H16INO. The summed E-state index contributed by atoms with van der Waals surface area (Å²) < 4.78 is 1.19. The first-order valence-electron chi connectivity index (χ1n) is 6.87. The van der Waals surface area contributed by atoms with Crippen molar-refractivity contribution in [2.75, 3.05) is 11.4 Å². The largest absolute Gasteiger partial charge is 0.312 e. The Morgan fingerprint density at radius 1 is 1.10 bits per heavy atom. The molecule has 3 heteroatoms. The summed E-state index contributed by atoms with van der Waals surface area (Å²) in [5.41, 5.74) is 3.60. The summed E-state index contributed by atoms with van der Waals surface area (Å²) in [6.07, 6.45) is 2.57. The van der Waals surface area contributed by atoms with Crippen molar-refractivity contribution in [3.05, 3.63) is 63.2 Å². The zero-order valence-electron chi connectivity index (χ0n) is 11.2. The van der Waals surface area contributed by atoms with Crippen LogP contribution in [0.5, 0.6) is 0 Å². The molecule has 102 valence electrons. The molecular weight excluding hydrogens is 361 g/mol. The average Bonchev–Trinajstić information content (AvgIpc) is 2.75. The Labute approximate surface area is 132 Å². The maximum atomic E-state index is 12.1. The predicted octanol–water partition coefficient (Wildman–Crippen LogP) is 3.81. The molecule has 0 aliphatic carbocycles. The SMILES string of the molecule is O=C1Cc2cc(I)ccc2N1CCCc1ccccc1. The lowest BCUT2D eigenvalue weighted by Gasteiger charge is -2.17. The highest BCUT2D eigenvalue weighted by Gasteiger charge is 2.26. The van der Waals surface area contributed by atoms with E-state index in [4.69, 9.17) is 0 Å². The lowest BCUT2D eigenvalue weighted by molar-refractivity contribution is -0.117. The fourth-order valence-corrected chi connectivity index (χ4v) is 3.24. The summed E-state index contributed by atoms with van der Waals surface area (Å²) in [5.74, 6) is 0.232. The zero-order valence-corrected chi connectivity index (χ0v) is 13.3. The number of carbonyl (C=O) groups excluding carboxylic acids is 1. The lowest BCUT2D eigenvalue weighted by atomic mass is 10.1. The van der Waals surface area contributed by atoms with Crippen LogP contribution in [-0.2, 0) is 17.6 Å². The molecule has 0 saturated heterocycles. The summed E-state index contributed by atoms with van der Waals surface area (Å²) in [6.45, 7) is 0.807. The van der Waals surface area contributed by atoms with Crippen molar-refractivity contribution in [3.8, 4) is 0 Å². The number of rotatable bonds is 4. The molecule has 0 fully saturated rings. The number of hydrogen-bond donors (Lipinski definition) is 0. The van der Waals surface area contributed by atoms with E-state index < -0.39 is 0 Å². The maximum absolute atomic E-state index is 12.1. The van der Waals surface area contributed by atoms with Gasteiger partial charge in [-0.15, -0.1) is 0 Å². The van der Waals surface area contributed by atoms with Crippen LogP contribution in [-0.4, -0.2) is 12.5 Å². The van der Waals surface area contributed by atoms with Crippen molar-refractivity contribution in [1.29, 1.82) is 0 Å². The third kappa shape index (κ3) is 2.87. The predicted molar refractivity (Wildman–Crippen MR) is 90.0 cm³/mol. The Morgan fingerprint density at radius 2 is 1.90 bits per heavy atom. The standard InChI is InChI=1S/C17H16INO/c18-15-8-9-16-14(11-15)12-17(20)19(16)10-4-7-13-5-2-1-3-6-13/h1-3,5-6,8-9,11H,4,7,10,12H2. The molecule has 1 aliphatic rings. The van der Waals surface area contributed by atoms with E-state index >= 15 is 0 Å². The van der Waals surface area contributed by atoms with Crippen LogP contribution >= 0.6 is 22.6 Å². The quantitative estimate of drug-likeness (QED) is 0.742. The van der Waals surface area contributed by atoms with E-state index in [2.05, 4.69) is 65.1 Å². The van der Waals surface area contributed by atoms with Crippen molar-refractivity contribution in [3.63, 3.8) is 0 Å². The summed E-state index contributed by atoms with van der Waals surface area (Å²) in [4.78, 5) is 14.0. The Hall–Kier alpha value is -1.36. The van der Waals surface area contributed by atoms with Gasteiger partial charge in [0, 0.05) is 15.8 Å². The first-order valence-corrected chi connectivity index (χ1v) is 7.94. The summed E-state index contributed by atoms with van der Waals surface area (Å²) in [6, 6.07) is 16.7. The number of carbonyl (C=O) groups is 1. The van der Waals surface area contributed by atoms with Gasteiger partial charge in [0.2, 0.25) is 5.91 Å². The van der Waals surface area contributed by atoms with Crippen molar-refractivity contribution in [1.82, 2.24) is 0 Å². The Bertz CT molecular complexity index is 624. The van der Waals surface area contributed by atoms with E-state index in [0.29, 0.717) is 6.42 Å². The first-order chi connectivity index (χ1) is 9.74. The molecule has 0 radical (unpaired) electrons. The second kappa shape index (κ2) is 5.95. The van der Waals surface area contributed by atoms with Crippen LogP contribution in [0, 0.1) is 3.57 Å². The molecule has 2 nitrogen and oxygen atoms in total. The number of amides is 1. The monoisotopic (exact) mass is 377 g/mol. The molecule has 0 saturated carbocycles. The molecule has 0 unspecified atom stereocenters. The number of benzene rings is 2. The van der Waals surface area contributed by atoms with Crippen LogP contribution in [0.3, 0.4) is 0 Å². The molecule has 0 atom stereocenters. The van der Waals surface area contributed by atoms with Crippen LogP contribution in [0.1, 0.15) is 17.5 Å². The minimum Gasteiger partial charge on any atom is -0.312 e. The average molecular weight is 377 g/mol. The first kappa shape index (κ1) is 13.6. The van der Waals surface area contributed by atoms with Gasteiger partial charge in [0.1, 0.15) is 0 Å². The second-order valence-corrected chi connectivity index (χ2v) is 6.33. The topological polar surface area (TPSA) is 20.3 Å². The molecule has 1 aliphatic heterocycles. The fraction of sp³-hybridized carbons (Fsp3) is 0.235. The van der Waals surface area contributed by atoms with Crippen LogP contribution in [0.4, 0.5) is 5.69 Å². The Balaban J connectivity index is 1.65. The van der Waals surface area contributed by atoms with Gasteiger partial charge in [-0.1, -0.05) is 30.3 Å². The van der Waals surface area contributed by atoms with E-state index in [0.717, 1.165) is 25.1 Å². The van der Waals surface area contributed by atoms with Crippen LogP contribution in [0.2, 0.25) is 0 Å². The fourth-order valence-electron chi connectivity index (χ4n) is 2.68. The van der Waals surface area contributed by atoms with Gasteiger partial charge in [-0.25, -0.2) is 0 Å². The minimum absolute atomic E-state index is 0.232. The van der Waals surface area contributed by atoms with Crippen molar-refractivity contribution < 1.29 is 4.79 Å². The normalized spacial score (nSPS) is 13.7. The molecule has 0 spiro atoms. The molecule has 0 N–H and O–H groups in total. The second-order valence-electron chi connectivity index (χ2n) is 5.08. The van der Waals surface area contributed by atoms with Gasteiger partial charge >= 0.3 is 0 Å². The highest BCUT2D eigenvalue weighted by atomic mass is 127. The van der Waals surface area contributed by atoms with E-state index in [-0.39, 0.29) is 5.91 Å².